The lowest BCUT2D eigenvalue weighted by Gasteiger charge is -2.07. The highest BCUT2D eigenvalue weighted by Crippen LogP contribution is 2.23. The second-order valence-corrected chi connectivity index (χ2v) is 6.79. The van der Waals surface area contributed by atoms with Crippen LogP contribution in [0.25, 0.3) is 33.1 Å². The summed E-state index contributed by atoms with van der Waals surface area (Å²) < 4.78 is 2.32. The standard InChI is InChI=1S/C25H19N2/c1-2-8-19(9-3-1)17-27-18-22(16-21-11-5-7-13-25(21)27)24-15-14-20-10-4-6-12-23(20)26-24/h1-16,18H,17H2/q+1. The molecule has 2 nitrogen and oxygen atoms in total. The largest absolute Gasteiger partial charge is 0.248 e. The fourth-order valence-corrected chi connectivity index (χ4v) is 3.59. The second-order valence-electron chi connectivity index (χ2n) is 6.79. The van der Waals surface area contributed by atoms with Gasteiger partial charge in [-0.15, -0.1) is 0 Å². The fourth-order valence-electron chi connectivity index (χ4n) is 3.59. The van der Waals surface area contributed by atoms with E-state index in [9.17, 15) is 0 Å². The first-order valence-corrected chi connectivity index (χ1v) is 9.19. The zero-order valence-corrected chi connectivity index (χ0v) is 14.9. The van der Waals surface area contributed by atoms with Gasteiger partial charge in [-0.2, -0.15) is 4.57 Å². The Morgan fingerprint density at radius 3 is 2.30 bits per heavy atom. The van der Waals surface area contributed by atoms with Gasteiger partial charge in [0.05, 0.1) is 16.8 Å². The van der Waals surface area contributed by atoms with Crippen molar-refractivity contribution in [2.24, 2.45) is 0 Å². The van der Waals surface area contributed by atoms with E-state index < -0.39 is 0 Å². The summed E-state index contributed by atoms with van der Waals surface area (Å²) in [6.07, 6.45) is 2.21. The van der Waals surface area contributed by atoms with E-state index in [1.54, 1.807) is 0 Å². The molecule has 0 aliphatic rings. The molecule has 27 heavy (non-hydrogen) atoms. The molecule has 2 heterocycles. The maximum Gasteiger partial charge on any atom is 0.212 e. The number of pyridine rings is 2. The van der Waals surface area contributed by atoms with Gasteiger partial charge in [-0.3, -0.25) is 0 Å². The van der Waals surface area contributed by atoms with Crippen LogP contribution in [0.4, 0.5) is 0 Å². The normalized spacial score (nSPS) is 11.1. The number of para-hydroxylation sites is 2. The van der Waals surface area contributed by atoms with Crippen molar-refractivity contribution >= 4 is 21.8 Å². The lowest BCUT2D eigenvalue weighted by molar-refractivity contribution is -0.661. The highest BCUT2D eigenvalue weighted by Gasteiger charge is 2.14. The maximum absolute atomic E-state index is 4.89. The van der Waals surface area contributed by atoms with E-state index >= 15 is 0 Å². The van der Waals surface area contributed by atoms with Crippen molar-refractivity contribution in [3.63, 3.8) is 0 Å². The number of benzene rings is 3. The van der Waals surface area contributed by atoms with Crippen molar-refractivity contribution in [2.75, 3.05) is 0 Å². The molecule has 2 heteroatoms. The molecule has 0 atom stereocenters. The molecule has 3 aromatic carbocycles. The van der Waals surface area contributed by atoms with Gasteiger partial charge in [-0.05, 0) is 24.3 Å². The van der Waals surface area contributed by atoms with Crippen LogP contribution in [-0.4, -0.2) is 4.98 Å². The molecule has 0 saturated carbocycles. The first-order valence-electron chi connectivity index (χ1n) is 9.19. The van der Waals surface area contributed by atoms with E-state index in [1.165, 1.54) is 21.9 Å². The molecule has 0 N–H and O–H groups in total. The summed E-state index contributed by atoms with van der Waals surface area (Å²) in [6, 6.07) is 33.8. The predicted octanol–water partition coefficient (Wildman–Crippen LogP) is 5.39. The van der Waals surface area contributed by atoms with Crippen LogP contribution in [0, 0.1) is 0 Å². The smallest absolute Gasteiger partial charge is 0.212 e. The molecule has 5 rings (SSSR count). The van der Waals surface area contributed by atoms with Crippen LogP contribution in [-0.2, 0) is 6.54 Å². The van der Waals surface area contributed by atoms with E-state index in [4.69, 9.17) is 4.98 Å². The van der Waals surface area contributed by atoms with Crippen LogP contribution < -0.4 is 4.57 Å². The van der Waals surface area contributed by atoms with Crippen molar-refractivity contribution in [3.05, 3.63) is 109 Å². The summed E-state index contributed by atoms with van der Waals surface area (Å²) in [5, 5.41) is 2.39. The van der Waals surface area contributed by atoms with Crippen LogP contribution in [0.2, 0.25) is 0 Å². The third-order valence-electron chi connectivity index (χ3n) is 4.94. The zero-order valence-electron chi connectivity index (χ0n) is 14.9. The summed E-state index contributed by atoms with van der Waals surface area (Å²) in [5.74, 6) is 0. The molecular formula is C25H19N2+. The molecule has 0 aliphatic heterocycles. The topological polar surface area (TPSA) is 16.8 Å². The van der Waals surface area contributed by atoms with E-state index in [1.807, 2.05) is 12.1 Å². The van der Waals surface area contributed by atoms with Gasteiger partial charge >= 0.3 is 0 Å². The molecule has 0 fully saturated rings. The molecular weight excluding hydrogens is 328 g/mol. The Morgan fingerprint density at radius 2 is 1.41 bits per heavy atom. The maximum atomic E-state index is 4.89. The van der Waals surface area contributed by atoms with Crippen LogP contribution in [0.3, 0.4) is 0 Å². The molecule has 0 radical (unpaired) electrons. The first-order chi connectivity index (χ1) is 13.4. The Hall–Kier alpha value is -3.52. The van der Waals surface area contributed by atoms with Gasteiger partial charge in [-0.1, -0.05) is 66.7 Å². The number of rotatable bonds is 3. The van der Waals surface area contributed by atoms with Crippen molar-refractivity contribution in [1.29, 1.82) is 0 Å². The Bertz CT molecular complexity index is 1240. The summed E-state index contributed by atoms with van der Waals surface area (Å²) >= 11 is 0. The summed E-state index contributed by atoms with van der Waals surface area (Å²) in [6.45, 7) is 0.836. The number of hydrogen-bond acceptors (Lipinski definition) is 1. The van der Waals surface area contributed by atoms with Gasteiger partial charge in [0, 0.05) is 22.4 Å². The Balaban J connectivity index is 1.68. The molecule has 0 aliphatic carbocycles. The SMILES string of the molecule is c1ccc(C[n+]2cc(-c3ccc4ccccc4n3)cc3ccccc32)cc1. The van der Waals surface area contributed by atoms with Crippen molar-refractivity contribution in [2.45, 2.75) is 6.54 Å². The van der Waals surface area contributed by atoms with Crippen LogP contribution in [0.15, 0.2) is 103 Å². The van der Waals surface area contributed by atoms with Gasteiger partial charge < -0.3 is 0 Å². The number of fused-ring (bicyclic) bond motifs is 2. The minimum absolute atomic E-state index is 0.836. The van der Waals surface area contributed by atoms with Gasteiger partial charge in [0.2, 0.25) is 5.52 Å². The minimum Gasteiger partial charge on any atom is -0.248 e. The van der Waals surface area contributed by atoms with Gasteiger partial charge in [0.1, 0.15) is 0 Å². The van der Waals surface area contributed by atoms with Crippen molar-refractivity contribution in [3.8, 4) is 11.3 Å². The minimum atomic E-state index is 0.836. The molecule has 0 bridgehead atoms. The quantitative estimate of drug-likeness (QED) is 0.400. The Morgan fingerprint density at radius 1 is 0.667 bits per heavy atom. The molecule has 0 unspecified atom stereocenters. The van der Waals surface area contributed by atoms with E-state index in [-0.39, 0.29) is 0 Å². The van der Waals surface area contributed by atoms with Crippen molar-refractivity contribution < 1.29 is 4.57 Å². The molecule has 128 valence electrons. The summed E-state index contributed by atoms with van der Waals surface area (Å²) in [5.41, 5.74) is 5.68. The Kier molecular flexibility index (Phi) is 3.87. The predicted molar refractivity (Wildman–Crippen MR) is 110 cm³/mol. The highest BCUT2D eigenvalue weighted by atomic mass is 14.9. The lowest BCUT2D eigenvalue weighted by Crippen LogP contribution is -2.35. The van der Waals surface area contributed by atoms with Crippen molar-refractivity contribution in [1.82, 2.24) is 4.98 Å². The summed E-state index contributed by atoms with van der Waals surface area (Å²) in [7, 11) is 0. The van der Waals surface area contributed by atoms with Gasteiger partial charge in [0.25, 0.3) is 0 Å². The first kappa shape index (κ1) is 15.7. The monoisotopic (exact) mass is 347 g/mol. The van der Waals surface area contributed by atoms with Crippen LogP contribution in [0.5, 0.6) is 0 Å². The molecule has 0 amide bonds. The number of aromatic nitrogens is 2. The molecule has 0 saturated heterocycles. The number of hydrogen-bond donors (Lipinski definition) is 0. The highest BCUT2D eigenvalue weighted by molar-refractivity contribution is 5.84. The van der Waals surface area contributed by atoms with E-state index in [0.717, 1.165) is 23.3 Å². The third-order valence-corrected chi connectivity index (χ3v) is 4.94. The number of nitrogens with zero attached hydrogens (tertiary/aromatic N) is 2. The van der Waals surface area contributed by atoms with Crippen LogP contribution >= 0.6 is 0 Å². The van der Waals surface area contributed by atoms with Gasteiger partial charge in [-0.25, -0.2) is 4.98 Å². The lowest BCUT2D eigenvalue weighted by atomic mass is 10.1. The van der Waals surface area contributed by atoms with Gasteiger partial charge in [0.15, 0.2) is 12.7 Å². The van der Waals surface area contributed by atoms with E-state index in [2.05, 4.69) is 95.7 Å². The second kappa shape index (κ2) is 6.65. The van der Waals surface area contributed by atoms with Crippen LogP contribution in [0.1, 0.15) is 5.56 Å². The fraction of sp³-hybridized carbons (Fsp3) is 0.0400. The van der Waals surface area contributed by atoms with E-state index in [0.29, 0.717) is 0 Å². The average molecular weight is 347 g/mol. The molecule has 0 spiro atoms. The average Bonchev–Trinajstić information content (AvgIpc) is 2.74. The third kappa shape index (κ3) is 3.06. The zero-order chi connectivity index (χ0) is 18.1. The Labute approximate surface area is 158 Å². The molecule has 2 aromatic heterocycles. The molecule has 5 aromatic rings. The summed E-state index contributed by atoms with van der Waals surface area (Å²) in [4.78, 5) is 4.89.